The minimum Gasteiger partial charge on any atom is -0.439 e. The molecular formula is C16H17IN2O. The minimum atomic E-state index is 0.683. The number of aromatic nitrogens is 1. The van der Waals surface area contributed by atoms with Crippen LogP contribution in [0.5, 0.6) is 11.6 Å². The van der Waals surface area contributed by atoms with Crippen molar-refractivity contribution in [2.75, 3.05) is 0 Å². The number of hydrogen-bond donors (Lipinski definition) is 1. The molecule has 0 aliphatic heterocycles. The first kappa shape index (κ1) is 13.8. The Hall–Kier alpha value is -1.14. The highest BCUT2D eigenvalue weighted by atomic mass is 127. The van der Waals surface area contributed by atoms with Gasteiger partial charge in [-0.15, -0.1) is 0 Å². The molecule has 0 saturated heterocycles. The molecule has 3 rings (SSSR count). The lowest BCUT2D eigenvalue weighted by Gasteiger charge is -2.10. The summed E-state index contributed by atoms with van der Waals surface area (Å²) in [6, 6.07) is 10.8. The van der Waals surface area contributed by atoms with Crippen LogP contribution >= 0.6 is 22.6 Å². The SMILES string of the molecule is Cc1cc(CNC2CC2)cnc1Oc1cccc(I)c1. The van der Waals surface area contributed by atoms with Crippen LogP contribution in [0.15, 0.2) is 36.5 Å². The summed E-state index contributed by atoms with van der Waals surface area (Å²) in [5.74, 6) is 1.51. The first-order valence-electron chi connectivity index (χ1n) is 6.83. The lowest BCUT2D eigenvalue weighted by molar-refractivity contribution is 0.458. The molecule has 1 aliphatic carbocycles. The summed E-state index contributed by atoms with van der Waals surface area (Å²) in [7, 11) is 0. The van der Waals surface area contributed by atoms with Gasteiger partial charge >= 0.3 is 0 Å². The van der Waals surface area contributed by atoms with Crippen LogP contribution in [0.1, 0.15) is 24.0 Å². The molecule has 104 valence electrons. The second kappa shape index (κ2) is 6.10. The summed E-state index contributed by atoms with van der Waals surface area (Å²) in [4.78, 5) is 4.44. The summed E-state index contributed by atoms with van der Waals surface area (Å²) in [6.07, 6.45) is 4.51. The Kier molecular flexibility index (Phi) is 4.21. The molecule has 1 aromatic heterocycles. The van der Waals surface area contributed by atoms with Crippen LogP contribution in [0.4, 0.5) is 0 Å². The molecule has 0 radical (unpaired) electrons. The number of ether oxygens (including phenoxy) is 1. The largest absolute Gasteiger partial charge is 0.439 e. The van der Waals surface area contributed by atoms with Gasteiger partial charge in [0.1, 0.15) is 5.75 Å². The van der Waals surface area contributed by atoms with E-state index in [1.807, 2.05) is 37.4 Å². The zero-order chi connectivity index (χ0) is 13.9. The van der Waals surface area contributed by atoms with E-state index in [0.29, 0.717) is 5.88 Å². The summed E-state index contributed by atoms with van der Waals surface area (Å²) in [5.41, 5.74) is 2.28. The standard InChI is InChI=1S/C16H17IN2O/c1-11-7-12(9-18-14-5-6-14)10-19-16(11)20-15-4-2-3-13(17)8-15/h2-4,7-8,10,14,18H,5-6,9H2,1H3. The number of pyridine rings is 1. The topological polar surface area (TPSA) is 34.2 Å². The number of halogens is 1. The Bertz CT molecular complexity index is 611. The smallest absolute Gasteiger partial charge is 0.222 e. The van der Waals surface area contributed by atoms with E-state index >= 15 is 0 Å². The van der Waals surface area contributed by atoms with Gasteiger partial charge < -0.3 is 10.1 Å². The van der Waals surface area contributed by atoms with Crippen molar-refractivity contribution >= 4 is 22.6 Å². The van der Waals surface area contributed by atoms with Gasteiger partial charge in [0.25, 0.3) is 0 Å². The highest BCUT2D eigenvalue weighted by Gasteiger charge is 2.20. The zero-order valence-corrected chi connectivity index (χ0v) is 13.6. The Balaban J connectivity index is 1.69. The molecule has 0 atom stereocenters. The molecule has 0 bridgehead atoms. The second-order valence-electron chi connectivity index (χ2n) is 5.18. The van der Waals surface area contributed by atoms with E-state index in [1.165, 1.54) is 18.4 Å². The van der Waals surface area contributed by atoms with E-state index in [-0.39, 0.29) is 0 Å². The number of nitrogens with zero attached hydrogens (tertiary/aromatic N) is 1. The number of hydrogen-bond acceptors (Lipinski definition) is 3. The number of aryl methyl sites for hydroxylation is 1. The molecule has 1 aromatic carbocycles. The monoisotopic (exact) mass is 380 g/mol. The molecule has 20 heavy (non-hydrogen) atoms. The fraction of sp³-hybridized carbons (Fsp3) is 0.312. The molecular weight excluding hydrogens is 363 g/mol. The van der Waals surface area contributed by atoms with Crippen LogP contribution in [0.2, 0.25) is 0 Å². The highest BCUT2D eigenvalue weighted by molar-refractivity contribution is 14.1. The van der Waals surface area contributed by atoms with Gasteiger partial charge in [-0.2, -0.15) is 0 Å². The van der Waals surface area contributed by atoms with Gasteiger partial charge in [0, 0.05) is 27.9 Å². The fourth-order valence-corrected chi connectivity index (χ4v) is 2.53. The third kappa shape index (κ3) is 3.70. The van der Waals surface area contributed by atoms with Gasteiger partial charge in [0.2, 0.25) is 5.88 Å². The Morgan fingerprint density at radius 2 is 2.20 bits per heavy atom. The van der Waals surface area contributed by atoms with Gasteiger partial charge in [-0.1, -0.05) is 6.07 Å². The van der Waals surface area contributed by atoms with E-state index < -0.39 is 0 Å². The Morgan fingerprint density at radius 3 is 2.90 bits per heavy atom. The van der Waals surface area contributed by atoms with Crippen molar-refractivity contribution in [3.8, 4) is 11.6 Å². The summed E-state index contributed by atoms with van der Waals surface area (Å²) >= 11 is 2.28. The van der Waals surface area contributed by atoms with E-state index in [0.717, 1.165) is 27.5 Å². The lowest BCUT2D eigenvalue weighted by Crippen LogP contribution is -2.15. The van der Waals surface area contributed by atoms with Crippen LogP contribution in [-0.4, -0.2) is 11.0 Å². The van der Waals surface area contributed by atoms with Crippen LogP contribution < -0.4 is 10.1 Å². The maximum Gasteiger partial charge on any atom is 0.222 e. The Morgan fingerprint density at radius 1 is 1.35 bits per heavy atom. The third-order valence-corrected chi connectivity index (χ3v) is 3.94. The molecule has 2 aromatic rings. The van der Waals surface area contributed by atoms with Crippen LogP contribution in [-0.2, 0) is 6.54 Å². The zero-order valence-electron chi connectivity index (χ0n) is 11.4. The van der Waals surface area contributed by atoms with E-state index in [9.17, 15) is 0 Å². The number of benzene rings is 1. The fourth-order valence-electron chi connectivity index (χ4n) is 2.02. The lowest BCUT2D eigenvalue weighted by atomic mass is 10.2. The average molecular weight is 380 g/mol. The maximum atomic E-state index is 5.85. The van der Waals surface area contributed by atoms with Crippen molar-refractivity contribution in [3.63, 3.8) is 0 Å². The van der Waals surface area contributed by atoms with Crippen molar-refractivity contribution in [1.82, 2.24) is 10.3 Å². The van der Waals surface area contributed by atoms with Crippen molar-refractivity contribution in [2.24, 2.45) is 0 Å². The molecule has 1 N–H and O–H groups in total. The first-order valence-corrected chi connectivity index (χ1v) is 7.91. The van der Waals surface area contributed by atoms with Crippen LogP contribution in [0.25, 0.3) is 0 Å². The number of nitrogens with one attached hydrogen (secondary N) is 1. The van der Waals surface area contributed by atoms with Crippen molar-refractivity contribution in [2.45, 2.75) is 32.4 Å². The molecule has 4 heteroatoms. The normalized spacial score (nSPS) is 14.3. The molecule has 1 aliphatic rings. The molecule has 0 amide bonds. The van der Waals surface area contributed by atoms with Gasteiger partial charge in [-0.25, -0.2) is 4.98 Å². The molecule has 1 fully saturated rings. The van der Waals surface area contributed by atoms with Crippen molar-refractivity contribution < 1.29 is 4.74 Å². The second-order valence-corrected chi connectivity index (χ2v) is 6.43. The Labute approximate surface area is 132 Å². The van der Waals surface area contributed by atoms with E-state index in [4.69, 9.17) is 4.74 Å². The van der Waals surface area contributed by atoms with Gasteiger partial charge in [0.05, 0.1) is 0 Å². The predicted molar refractivity (Wildman–Crippen MR) is 88.1 cm³/mol. The van der Waals surface area contributed by atoms with Crippen LogP contribution in [0, 0.1) is 10.5 Å². The average Bonchev–Trinajstić information content (AvgIpc) is 3.23. The van der Waals surface area contributed by atoms with Crippen molar-refractivity contribution in [1.29, 1.82) is 0 Å². The molecule has 1 saturated carbocycles. The van der Waals surface area contributed by atoms with Crippen molar-refractivity contribution in [3.05, 3.63) is 51.2 Å². The molecule has 1 heterocycles. The van der Waals surface area contributed by atoms with Crippen LogP contribution in [0.3, 0.4) is 0 Å². The van der Waals surface area contributed by atoms with E-state index in [2.05, 4.69) is 39.0 Å². The minimum absolute atomic E-state index is 0.683. The predicted octanol–water partition coefficient (Wildman–Crippen LogP) is 4.04. The third-order valence-electron chi connectivity index (χ3n) is 3.27. The van der Waals surface area contributed by atoms with Gasteiger partial charge in [0.15, 0.2) is 0 Å². The van der Waals surface area contributed by atoms with E-state index in [1.54, 1.807) is 0 Å². The summed E-state index contributed by atoms with van der Waals surface area (Å²) in [6.45, 7) is 2.93. The van der Waals surface area contributed by atoms with Gasteiger partial charge in [-0.3, -0.25) is 0 Å². The summed E-state index contributed by atoms with van der Waals surface area (Å²) in [5, 5.41) is 3.49. The summed E-state index contributed by atoms with van der Waals surface area (Å²) < 4.78 is 7.00. The first-order chi connectivity index (χ1) is 9.70. The molecule has 3 nitrogen and oxygen atoms in total. The quantitative estimate of drug-likeness (QED) is 0.796. The van der Waals surface area contributed by atoms with Gasteiger partial charge in [-0.05, 0) is 72.2 Å². The molecule has 0 spiro atoms. The maximum absolute atomic E-state index is 5.85. The molecule has 0 unspecified atom stereocenters. The highest BCUT2D eigenvalue weighted by Crippen LogP contribution is 2.25. The number of rotatable bonds is 5.